The molecular formula is C28H30BrF5N4O4. The molecule has 0 saturated carbocycles. The third-order valence-electron chi connectivity index (χ3n) is 6.69. The average Bonchev–Trinajstić information content (AvgIpc) is 3.09. The van der Waals surface area contributed by atoms with Gasteiger partial charge in [-0.15, -0.1) is 5.10 Å². The van der Waals surface area contributed by atoms with Gasteiger partial charge in [0, 0.05) is 44.5 Å². The molecular weight excluding hydrogens is 631 g/mol. The van der Waals surface area contributed by atoms with Gasteiger partial charge in [-0.2, -0.15) is 13.2 Å². The third kappa shape index (κ3) is 7.02. The first kappa shape index (κ1) is 31.7. The molecule has 228 valence electrons. The van der Waals surface area contributed by atoms with Crippen LogP contribution >= 0.6 is 15.9 Å². The number of ether oxygens (including phenoxy) is 2. The molecule has 42 heavy (non-hydrogen) atoms. The van der Waals surface area contributed by atoms with E-state index in [0.29, 0.717) is 10.5 Å². The standard InChI is InChI=1S/C28H30BrF5N4O4/c1-15-23(29)25(35-36(15)5)41-18-6-7-21(31)19(10-18)24(26(40)42-27(2,3)4)38-12-16(8-9-37-13-17(30)14-37)20(11-22(38)39)28(32,33)34/h6-7,10-12,17,24H,8-9,13-14H2,1-5H3. The number of esters is 1. The zero-order valence-corrected chi connectivity index (χ0v) is 25.1. The Hall–Kier alpha value is -3.26. The van der Waals surface area contributed by atoms with Gasteiger partial charge in [-0.3, -0.25) is 18.9 Å². The Morgan fingerprint density at radius 2 is 1.86 bits per heavy atom. The molecule has 0 N–H and O–H groups in total. The molecule has 1 aliphatic heterocycles. The highest BCUT2D eigenvalue weighted by molar-refractivity contribution is 9.10. The fraction of sp³-hybridized carbons (Fsp3) is 0.464. The van der Waals surface area contributed by atoms with Crippen LogP contribution in [-0.2, 0) is 29.2 Å². The number of benzene rings is 1. The van der Waals surface area contributed by atoms with Gasteiger partial charge in [-0.25, -0.2) is 13.6 Å². The van der Waals surface area contributed by atoms with Crippen LogP contribution in [0.5, 0.6) is 11.6 Å². The van der Waals surface area contributed by atoms with Gasteiger partial charge in [0.1, 0.15) is 27.8 Å². The van der Waals surface area contributed by atoms with Gasteiger partial charge in [0.05, 0.1) is 11.3 Å². The smallest absolute Gasteiger partial charge is 0.416 e. The summed E-state index contributed by atoms with van der Waals surface area (Å²) in [5.41, 5.74) is -3.38. The Bertz CT molecular complexity index is 1540. The maximum atomic E-state index is 15.4. The number of carbonyl (C=O) groups excluding carboxylic acids is 1. The number of nitrogens with zero attached hydrogens (tertiary/aromatic N) is 4. The molecule has 0 amide bonds. The van der Waals surface area contributed by atoms with Gasteiger partial charge in [0.15, 0.2) is 6.04 Å². The number of halogens is 6. The lowest BCUT2D eigenvalue weighted by molar-refractivity contribution is -0.157. The maximum absolute atomic E-state index is 15.4. The van der Waals surface area contributed by atoms with Crippen LogP contribution in [0.4, 0.5) is 22.0 Å². The normalized spacial score (nSPS) is 15.4. The molecule has 0 bridgehead atoms. The number of rotatable bonds is 8. The number of hydrogen-bond donors (Lipinski definition) is 0. The summed E-state index contributed by atoms with van der Waals surface area (Å²) in [6.45, 7) is 6.73. The average molecular weight is 661 g/mol. The predicted molar refractivity (Wildman–Crippen MR) is 147 cm³/mol. The number of aryl methyl sites for hydroxylation is 1. The first-order chi connectivity index (χ1) is 19.4. The summed E-state index contributed by atoms with van der Waals surface area (Å²) in [4.78, 5) is 28.3. The van der Waals surface area contributed by atoms with Crippen LogP contribution < -0.4 is 10.3 Å². The highest BCUT2D eigenvalue weighted by atomic mass is 79.9. The molecule has 0 aliphatic carbocycles. The third-order valence-corrected chi connectivity index (χ3v) is 7.61. The van der Waals surface area contributed by atoms with Crippen LogP contribution in [-0.4, -0.2) is 56.6 Å². The van der Waals surface area contributed by atoms with Crippen molar-refractivity contribution in [2.45, 2.75) is 58.1 Å². The van der Waals surface area contributed by atoms with E-state index in [4.69, 9.17) is 9.47 Å². The lowest BCUT2D eigenvalue weighted by Gasteiger charge is -2.34. The summed E-state index contributed by atoms with van der Waals surface area (Å²) in [6.07, 6.45) is -5.22. The van der Waals surface area contributed by atoms with Crippen LogP contribution in [0.15, 0.2) is 39.7 Å². The SMILES string of the molecule is Cc1c(Br)c(Oc2ccc(F)c(C(C(=O)OC(C)(C)C)n3cc(CCN4CC(F)C4)c(C(F)(F)F)cc3=O)c2)nn1C. The fourth-order valence-electron chi connectivity index (χ4n) is 4.50. The summed E-state index contributed by atoms with van der Waals surface area (Å²) in [5.74, 6) is -1.78. The second-order valence-electron chi connectivity index (χ2n) is 11.1. The number of hydrogen-bond acceptors (Lipinski definition) is 6. The lowest BCUT2D eigenvalue weighted by atomic mass is 10.0. The first-order valence-corrected chi connectivity index (χ1v) is 13.8. The van der Waals surface area contributed by atoms with E-state index in [2.05, 4.69) is 21.0 Å². The Kier molecular flexibility index (Phi) is 8.89. The molecule has 0 radical (unpaired) electrons. The topological polar surface area (TPSA) is 78.6 Å². The molecule has 8 nitrogen and oxygen atoms in total. The molecule has 3 heterocycles. The molecule has 1 saturated heterocycles. The zero-order chi connectivity index (χ0) is 31.1. The number of likely N-dealkylation sites (tertiary alicyclic amines) is 1. The number of pyridine rings is 1. The first-order valence-electron chi connectivity index (χ1n) is 13.0. The van der Waals surface area contributed by atoms with Crippen LogP contribution in [0, 0.1) is 12.7 Å². The Morgan fingerprint density at radius 3 is 2.40 bits per heavy atom. The highest BCUT2D eigenvalue weighted by Crippen LogP contribution is 2.35. The van der Waals surface area contributed by atoms with Gasteiger partial charge in [0.2, 0.25) is 0 Å². The predicted octanol–water partition coefficient (Wildman–Crippen LogP) is 5.73. The van der Waals surface area contributed by atoms with E-state index >= 15 is 4.39 Å². The van der Waals surface area contributed by atoms with Crippen LogP contribution in [0.3, 0.4) is 0 Å². The van der Waals surface area contributed by atoms with E-state index in [9.17, 15) is 27.2 Å². The molecule has 1 aliphatic rings. The second-order valence-corrected chi connectivity index (χ2v) is 11.9. The van der Waals surface area contributed by atoms with Crippen molar-refractivity contribution in [3.63, 3.8) is 0 Å². The quantitative estimate of drug-likeness (QED) is 0.227. The summed E-state index contributed by atoms with van der Waals surface area (Å²) in [6, 6.07) is 2.06. The van der Waals surface area contributed by atoms with Crippen molar-refractivity contribution in [3.05, 3.63) is 73.5 Å². The minimum atomic E-state index is -4.88. The van der Waals surface area contributed by atoms with E-state index in [1.165, 1.54) is 12.1 Å². The van der Waals surface area contributed by atoms with Crippen LogP contribution in [0.25, 0.3) is 0 Å². The van der Waals surface area contributed by atoms with Crippen molar-refractivity contribution in [2.24, 2.45) is 7.05 Å². The molecule has 1 aromatic carbocycles. The van der Waals surface area contributed by atoms with Crippen molar-refractivity contribution in [1.29, 1.82) is 0 Å². The minimum Gasteiger partial charge on any atom is -0.458 e. The number of aromatic nitrogens is 3. The van der Waals surface area contributed by atoms with Crippen molar-refractivity contribution < 1.29 is 36.2 Å². The molecule has 1 unspecified atom stereocenters. The van der Waals surface area contributed by atoms with Gasteiger partial charge in [0.25, 0.3) is 11.4 Å². The van der Waals surface area contributed by atoms with E-state index in [1.54, 1.807) is 44.3 Å². The minimum absolute atomic E-state index is 0.0532. The highest BCUT2D eigenvalue weighted by Gasteiger charge is 2.37. The number of carbonyl (C=O) groups is 1. The van der Waals surface area contributed by atoms with Gasteiger partial charge in [-0.05, 0) is 73.8 Å². The van der Waals surface area contributed by atoms with Crippen molar-refractivity contribution in [2.75, 3.05) is 19.6 Å². The zero-order valence-electron chi connectivity index (χ0n) is 23.6. The molecule has 0 spiro atoms. The Labute approximate surface area is 247 Å². The van der Waals surface area contributed by atoms with Gasteiger partial charge >= 0.3 is 12.1 Å². The van der Waals surface area contributed by atoms with Crippen LogP contribution in [0.1, 0.15) is 49.2 Å². The summed E-state index contributed by atoms with van der Waals surface area (Å²) < 4.78 is 84.6. The van der Waals surface area contributed by atoms with Gasteiger partial charge < -0.3 is 9.47 Å². The van der Waals surface area contributed by atoms with Crippen LogP contribution in [0.2, 0.25) is 0 Å². The monoisotopic (exact) mass is 660 g/mol. The van der Waals surface area contributed by atoms with E-state index in [0.717, 1.165) is 22.5 Å². The molecule has 4 rings (SSSR count). The largest absolute Gasteiger partial charge is 0.458 e. The summed E-state index contributed by atoms with van der Waals surface area (Å²) in [5, 5.41) is 4.23. The molecule has 1 atom stereocenters. The molecule has 14 heteroatoms. The van der Waals surface area contributed by atoms with Crippen molar-refractivity contribution in [1.82, 2.24) is 19.2 Å². The lowest BCUT2D eigenvalue weighted by Crippen LogP contribution is -2.49. The van der Waals surface area contributed by atoms with E-state index in [1.807, 2.05) is 0 Å². The summed E-state index contributed by atoms with van der Waals surface area (Å²) in [7, 11) is 1.69. The number of alkyl halides is 4. The van der Waals surface area contributed by atoms with Crippen molar-refractivity contribution >= 4 is 21.9 Å². The van der Waals surface area contributed by atoms with Gasteiger partial charge in [-0.1, -0.05) is 0 Å². The van der Waals surface area contributed by atoms with Crippen molar-refractivity contribution in [3.8, 4) is 11.6 Å². The molecule has 3 aromatic rings. The van der Waals surface area contributed by atoms with E-state index < -0.39 is 46.9 Å². The second kappa shape index (κ2) is 11.8. The molecule has 2 aromatic heterocycles. The molecule has 1 fully saturated rings. The maximum Gasteiger partial charge on any atom is 0.416 e. The summed E-state index contributed by atoms with van der Waals surface area (Å²) >= 11 is 3.37. The Morgan fingerprint density at radius 1 is 1.19 bits per heavy atom. The van der Waals surface area contributed by atoms with E-state index in [-0.39, 0.29) is 48.8 Å². The Balaban J connectivity index is 1.83. The fourth-order valence-corrected chi connectivity index (χ4v) is 4.91.